The number of hydrogen-bond donors (Lipinski definition) is 3. The van der Waals surface area contributed by atoms with E-state index in [1.165, 1.54) is 0 Å². The van der Waals surface area contributed by atoms with Gasteiger partial charge in [-0.15, -0.1) is 10.2 Å². The summed E-state index contributed by atoms with van der Waals surface area (Å²) in [5.41, 5.74) is -0.454. The molecule has 0 bridgehead atoms. The Hall–Kier alpha value is -2.19. The summed E-state index contributed by atoms with van der Waals surface area (Å²) in [5, 5.41) is 23.4. The van der Waals surface area contributed by atoms with Crippen molar-refractivity contribution < 1.29 is 14.6 Å². The van der Waals surface area contributed by atoms with Crippen molar-refractivity contribution in [2.45, 2.75) is 19.4 Å². The smallest absolute Gasteiger partial charge is 0.325 e. The number of hydrogen-bond acceptors (Lipinski definition) is 6. The molecule has 0 radical (unpaired) electrons. The van der Waals surface area contributed by atoms with Crippen LogP contribution in [0, 0.1) is 0 Å². The number of amides is 2. The fourth-order valence-corrected chi connectivity index (χ4v) is 2.19. The molecule has 0 fully saturated rings. The SMILES string of the molecule is COc1ccc(NC(=O)Nc2nnc(C(C)(C)O)s2)cc1. The van der Waals surface area contributed by atoms with Gasteiger partial charge in [0.2, 0.25) is 5.13 Å². The predicted octanol–water partition coefficient (Wildman–Crippen LogP) is 2.42. The minimum Gasteiger partial charge on any atom is -0.497 e. The first-order chi connectivity index (χ1) is 9.88. The Morgan fingerprint density at radius 1 is 1.24 bits per heavy atom. The second-order valence-electron chi connectivity index (χ2n) is 4.78. The maximum absolute atomic E-state index is 11.8. The van der Waals surface area contributed by atoms with Gasteiger partial charge in [-0.2, -0.15) is 0 Å². The lowest BCUT2D eigenvalue weighted by atomic mass is 10.2. The number of carbonyl (C=O) groups is 1. The fourth-order valence-electron chi connectivity index (χ4n) is 1.45. The normalized spacial score (nSPS) is 11.0. The summed E-state index contributed by atoms with van der Waals surface area (Å²) in [7, 11) is 1.57. The third-order valence-electron chi connectivity index (χ3n) is 2.52. The number of nitrogens with one attached hydrogen (secondary N) is 2. The van der Waals surface area contributed by atoms with Crippen LogP contribution in [0.1, 0.15) is 18.9 Å². The predicted molar refractivity (Wildman–Crippen MR) is 80.8 cm³/mol. The monoisotopic (exact) mass is 308 g/mol. The number of nitrogens with zero attached hydrogens (tertiary/aromatic N) is 2. The molecule has 0 saturated carbocycles. The van der Waals surface area contributed by atoms with Crippen molar-refractivity contribution in [3.8, 4) is 5.75 Å². The minimum absolute atomic E-state index is 0.318. The van der Waals surface area contributed by atoms with Crippen LogP contribution in [-0.2, 0) is 5.60 Å². The highest BCUT2D eigenvalue weighted by Gasteiger charge is 2.22. The molecule has 0 atom stereocenters. The van der Waals surface area contributed by atoms with Crippen molar-refractivity contribution in [2.24, 2.45) is 0 Å². The van der Waals surface area contributed by atoms with Crippen LogP contribution < -0.4 is 15.4 Å². The van der Waals surface area contributed by atoms with Crippen LogP contribution in [0.25, 0.3) is 0 Å². The van der Waals surface area contributed by atoms with Crippen molar-refractivity contribution in [1.29, 1.82) is 0 Å². The van der Waals surface area contributed by atoms with Gasteiger partial charge in [0, 0.05) is 5.69 Å². The topological polar surface area (TPSA) is 96.4 Å². The van der Waals surface area contributed by atoms with Crippen molar-refractivity contribution >= 4 is 28.2 Å². The molecular formula is C13H16N4O3S. The number of benzene rings is 1. The average Bonchev–Trinajstić information content (AvgIpc) is 2.88. The first-order valence-corrected chi connectivity index (χ1v) is 6.98. The van der Waals surface area contributed by atoms with E-state index in [2.05, 4.69) is 20.8 Å². The quantitative estimate of drug-likeness (QED) is 0.806. The highest BCUT2D eigenvalue weighted by molar-refractivity contribution is 7.15. The summed E-state index contributed by atoms with van der Waals surface area (Å²) in [6.45, 7) is 3.21. The molecule has 2 rings (SSSR count). The zero-order valence-electron chi connectivity index (χ0n) is 11.9. The first-order valence-electron chi connectivity index (χ1n) is 6.17. The van der Waals surface area contributed by atoms with Gasteiger partial charge in [0.15, 0.2) is 0 Å². The molecular weight excluding hydrogens is 292 g/mol. The molecule has 7 nitrogen and oxygen atoms in total. The van der Waals surface area contributed by atoms with Gasteiger partial charge in [-0.3, -0.25) is 5.32 Å². The van der Waals surface area contributed by atoms with Crippen molar-refractivity contribution in [3.63, 3.8) is 0 Å². The van der Waals surface area contributed by atoms with Crippen LogP contribution in [0.15, 0.2) is 24.3 Å². The molecule has 112 valence electrons. The number of aliphatic hydroxyl groups is 1. The van der Waals surface area contributed by atoms with Crippen LogP contribution in [-0.4, -0.2) is 28.4 Å². The Kier molecular flexibility index (Phi) is 4.39. The van der Waals surface area contributed by atoms with Gasteiger partial charge in [-0.05, 0) is 38.1 Å². The van der Waals surface area contributed by atoms with E-state index in [0.717, 1.165) is 11.3 Å². The zero-order valence-corrected chi connectivity index (χ0v) is 12.7. The van der Waals surface area contributed by atoms with Crippen LogP contribution in [0.4, 0.5) is 15.6 Å². The summed E-state index contributed by atoms with van der Waals surface area (Å²) >= 11 is 1.12. The Balaban J connectivity index is 1.96. The van der Waals surface area contributed by atoms with Gasteiger partial charge in [0.25, 0.3) is 0 Å². The summed E-state index contributed by atoms with van der Waals surface area (Å²) in [5.74, 6) is 0.708. The Labute approximate surface area is 126 Å². The Morgan fingerprint density at radius 3 is 2.43 bits per heavy atom. The maximum atomic E-state index is 11.8. The largest absolute Gasteiger partial charge is 0.497 e. The van der Waals surface area contributed by atoms with Crippen molar-refractivity contribution in [3.05, 3.63) is 29.3 Å². The van der Waals surface area contributed by atoms with E-state index in [1.807, 2.05) is 0 Å². The molecule has 3 N–H and O–H groups in total. The van der Waals surface area contributed by atoms with Crippen molar-refractivity contribution in [1.82, 2.24) is 10.2 Å². The lowest BCUT2D eigenvalue weighted by Gasteiger charge is -2.11. The minimum atomic E-state index is -1.08. The van der Waals surface area contributed by atoms with Crippen LogP contribution >= 0.6 is 11.3 Å². The number of rotatable bonds is 4. The average molecular weight is 308 g/mol. The highest BCUT2D eigenvalue weighted by Crippen LogP contribution is 2.26. The molecule has 0 aliphatic heterocycles. The van der Waals surface area contributed by atoms with Crippen LogP contribution in [0.2, 0.25) is 0 Å². The van der Waals surface area contributed by atoms with Gasteiger partial charge in [-0.1, -0.05) is 11.3 Å². The van der Waals surface area contributed by atoms with E-state index < -0.39 is 11.6 Å². The van der Waals surface area contributed by atoms with Gasteiger partial charge in [-0.25, -0.2) is 4.79 Å². The van der Waals surface area contributed by atoms with E-state index in [-0.39, 0.29) is 0 Å². The zero-order chi connectivity index (χ0) is 15.5. The second-order valence-corrected chi connectivity index (χ2v) is 5.76. The molecule has 21 heavy (non-hydrogen) atoms. The van der Waals surface area contributed by atoms with E-state index in [9.17, 15) is 9.90 Å². The number of ether oxygens (including phenoxy) is 1. The fraction of sp³-hybridized carbons (Fsp3) is 0.308. The Morgan fingerprint density at radius 2 is 1.90 bits per heavy atom. The molecule has 0 aliphatic carbocycles. The first kappa shape index (κ1) is 15.2. The summed E-state index contributed by atoms with van der Waals surface area (Å²) < 4.78 is 5.04. The third-order valence-corrected chi connectivity index (χ3v) is 3.67. The molecule has 1 aromatic heterocycles. The van der Waals surface area contributed by atoms with Gasteiger partial charge >= 0.3 is 6.03 Å². The maximum Gasteiger partial charge on any atom is 0.325 e. The highest BCUT2D eigenvalue weighted by atomic mass is 32.1. The lowest BCUT2D eigenvalue weighted by molar-refractivity contribution is 0.0775. The van der Waals surface area contributed by atoms with Gasteiger partial charge < -0.3 is 15.2 Å². The lowest BCUT2D eigenvalue weighted by Crippen LogP contribution is -2.19. The molecule has 1 heterocycles. The van der Waals surface area contributed by atoms with Gasteiger partial charge in [0.05, 0.1) is 7.11 Å². The van der Waals surface area contributed by atoms with E-state index in [4.69, 9.17) is 4.74 Å². The van der Waals surface area contributed by atoms with Crippen molar-refractivity contribution in [2.75, 3.05) is 17.7 Å². The number of carbonyl (C=O) groups excluding carboxylic acids is 1. The number of anilines is 2. The second kappa shape index (κ2) is 6.06. The van der Waals surface area contributed by atoms with Gasteiger partial charge in [0.1, 0.15) is 16.4 Å². The Bertz CT molecular complexity index is 619. The van der Waals surface area contributed by atoms with E-state index in [0.29, 0.717) is 21.6 Å². The number of methoxy groups -OCH3 is 1. The standard InChI is InChI=1S/C13H16N4O3S/c1-13(2,19)10-16-17-12(21-10)15-11(18)14-8-4-6-9(20-3)7-5-8/h4-7,19H,1-3H3,(H2,14,15,17,18). The third kappa shape index (κ3) is 4.14. The molecule has 2 amide bonds. The van der Waals surface area contributed by atoms with Crippen LogP contribution in [0.5, 0.6) is 5.75 Å². The molecule has 1 aromatic carbocycles. The number of aromatic nitrogens is 2. The summed E-state index contributed by atoms with van der Waals surface area (Å²) in [6.07, 6.45) is 0. The molecule has 2 aromatic rings. The summed E-state index contributed by atoms with van der Waals surface area (Å²) in [4.78, 5) is 11.8. The molecule has 0 unspecified atom stereocenters. The number of urea groups is 1. The molecule has 0 saturated heterocycles. The molecule has 0 aliphatic rings. The molecule has 8 heteroatoms. The molecule has 0 spiro atoms. The van der Waals surface area contributed by atoms with E-state index in [1.54, 1.807) is 45.2 Å². The van der Waals surface area contributed by atoms with E-state index >= 15 is 0 Å². The van der Waals surface area contributed by atoms with Crippen LogP contribution in [0.3, 0.4) is 0 Å². The summed E-state index contributed by atoms with van der Waals surface area (Å²) in [6, 6.07) is 6.50.